The van der Waals surface area contributed by atoms with Gasteiger partial charge in [0.2, 0.25) is 23.6 Å². The van der Waals surface area contributed by atoms with Gasteiger partial charge >= 0.3 is 5.84 Å². The van der Waals surface area contributed by atoms with Crippen LogP contribution in [0.4, 0.5) is 11.4 Å². The lowest BCUT2D eigenvalue weighted by atomic mass is 9.86. The first kappa shape index (κ1) is 52.8. The summed E-state index contributed by atoms with van der Waals surface area (Å²) >= 11 is 0. The summed E-state index contributed by atoms with van der Waals surface area (Å²) in [6, 6.07) is 22.9. The molecule has 3 aliphatic rings. The monoisotopic (exact) mass is 988 g/mol. The maximum absolute atomic E-state index is 13.5. The average Bonchev–Trinajstić information content (AvgIpc) is 3.72. The number of rotatable bonds is 26. The summed E-state index contributed by atoms with van der Waals surface area (Å²) in [7, 11) is 0. The van der Waals surface area contributed by atoms with Crippen LogP contribution in [0.15, 0.2) is 96.2 Å². The number of amidine groups is 2. The number of aliphatic imine (C=N–C) groups is 1. The summed E-state index contributed by atoms with van der Waals surface area (Å²) in [5, 5.41) is 21.6. The van der Waals surface area contributed by atoms with Crippen LogP contribution in [0.25, 0.3) is 0 Å². The number of hydrogen-bond donors (Lipinski definition) is 7. The van der Waals surface area contributed by atoms with Crippen LogP contribution in [0.3, 0.4) is 0 Å². The topological polar surface area (TPSA) is 263 Å². The van der Waals surface area contributed by atoms with E-state index in [4.69, 9.17) is 30.1 Å². The maximum atomic E-state index is 13.5. The number of benzene rings is 3. The number of amides is 5. The van der Waals surface area contributed by atoms with Gasteiger partial charge in [-0.25, -0.2) is 0 Å². The van der Waals surface area contributed by atoms with Gasteiger partial charge < -0.3 is 50.8 Å². The molecule has 0 aliphatic carbocycles. The lowest BCUT2D eigenvalue weighted by Gasteiger charge is -2.36. The number of carbonyl (C=O) groups excluding carboxylic acids is 5. The zero-order chi connectivity index (χ0) is 50.7. The fourth-order valence-corrected chi connectivity index (χ4v) is 8.83. The SMILES string of the molecule is C[C@@H](NC(=O)c1cccc(NC2(C(N)=NC(=[NH2+])c3ccncc3)CCNCC2)c1)c1ccc(OCCCCCCOCCOCCOCCC(=O)Nc2cccc3c2CN(C2CCC(=O)NC2=O)C3=O)cc1. The summed E-state index contributed by atoms with van der Waals surface area (Å²) in [5.74, 6) is -0.0975. The van der Waals surface area contributed by atoms with Crippen LogP contribution in [-0.2, 0) is 35.1 Å². The van der Waals surface area contributed by atoms with Crippen molar-refractivity contribution in [2.24, 2.45) is 10.7 Å². The third-order valence-corrected chi connectivity index (χ3v) is 12.9. The molecule has 5 amide bonds. The molecule has 3 aliphatic heterocycles. The molecule has 2 saturated heterocycles. The number of ether oxygens (including phenoxy) is 4. The third-order valence-electron chi connectivity index (χ3n) is 12.9. The number of hydrogen-bond acceptors (Lipinski definition) is 12. The predicted octanol–water partition coefficient (Wildman–Crippen LogP) is 3.45. The van der Waals surface area contributed by atoms with Crippen molar-refractivity contribution in [1.82, 2.24) is 25.8 Å². The zero-order valence-corrected chi connectivity index (χ0v) is 40.9. The van der Waals surface area contributed by atoms with Gasteiger partial charge in [-0.2, -0.15) is 0 Å². The molecule has 382 valence electrons. The number of nitrogens with zero attached hydrogens (tertiary/aromatic N) is 3. The fourth-order valence-electron chi connectivity index (χ4n) is 8.83. The van der Waals surface area contributed by atoms with E-state index >= 15 is 0 Å². The number of nitrogens with one attached hydrogen (secondary N) is 5. The highest BCUT2D eigenvalue weighted by molar-refractivity contribution is 6.08. The van der Waals surface area contributed by atoms with E-state index in [1.165, 1.54) is 4.90 Å². The molecule has 72 heavy (non-hydrogen) atoms. The van der Waals surface area contributed by atoms with Crippen molar-refractivity contribution in [2.75, 3.05) is 70.0 Å². The van der Waals surface area contributed by atoms with Gasteiger partial charge in [-0.15, -0.1) is 0 Å². The molecule has 9 N–H and O–H groups in total. The minimum absolute atomic E-state index is 0.121. The largest absolute Gasteiger partial charge is 0.494 e. The fraction of sp³-hybridized carbons (Fsp3) is 0.434. The second kappa shape index (κ2) is 26.4. The summed E-state index contributed by atoms with van der Waals surface area (Å²) in [6.45, 7) is 6.71. The molecule has 4 aromatic rings. The molecule has 3 aromatic carbocycles. The Morgan fingerprint density at radius 1 is 0.861 bits per heavy atom. The van der Waals surface area contributed by atoms with Gasteiger partial charge in [0, 0.05) is 60.0 Å². The molecular formula is C53H67N10O9+. The molecule has 2 atom stereocenters. The van der Waals surface area contributed by atoms with Gasteiger partial charge in [0.25, 0.3) is 11.8 Å². The Bertz CT molecular complexity index is 2540. The van der Waals surface area contributed by atoms with E-state index in [0.717, 1.165) is 61.3 Å². The number of unbranched alkanes of at least 4 members (excludes halogenated alkanes) is 3. The van der Waals surface area contributed by atoms with Crippen LogP contribution in [-0.4, -0.2) is 122 Å². The summed E-state index contributed by atoms with van der Waals surface area (Å²) in [4.78, 5) is 73.2. The standard InChI is InChI=1S/C53H66N10O9/c1-36(58-49(66)39-8-6-9-40(34-39)62-53(21-25-57-26-22-53)52(55)61-48(54)38-18-23-56-24-19-38)37-12-14-41(15-13-37)72-28-5-3-2-4-27-69-30-32-71-33-31-70-29-20-47(65)59-44-11-7-10-42-43(44)35-63(51(42)68)45-16-17-46(64)60-50(45)67/h6-15,18-19,23-24,34,36,45,57,62H,2-5,16-17,20-22,25-33,35H2,1H3,(H,58,66)(H,59,65)(H3,54,55,61)(H,60,64,67)/p+1/t36-,45?/m1/s1. The Kier molecular flexibility index (Phi) is 19.3. The highest BCUT2D eigenvalue weighted by Gasteiger charge is 2.41. The van der Waals surface area contributed by atoms with Gasteiger partial charge in [-0.1, -0.05) is 30.7 Å². The van der Waals surface area contributed by atoms with Gasteiger partial charge in [0.15, 0.2) is 0 Å². The molecule has 1 unspecified atom stereocenters. The number of carbonyl (C=O) groups is 5. The van der Waals surface area contributed by atoms with E-state index in [9.17, 15) is 24.0 Å². The first-order valence-electron chi connectivity index (χ1n) is 24.8. The number of pyridine rings is 1. The van der Waals surface area contributed by atoms with Crippen molar-refractivity contribution in [3.05, 3.63) is 119 Å². The highest BCUT2D eigenvalue weighted by Crippen LogP contribution is 2.33. The molecule has 7 rings (SSSR count). The maximum Gasteiger partial charge on any atom is 0.323 e. The van der Waals surface area contributed by atoms with Gasteiger partial charge in [0.05, 0.1) is 57.7 Å². The quantitative estimate of drug-likeness (QED) is 0.0206. The van der Waals surface area contributed by atoms with Crippen LogP contribution in [0, 0.1) is 0 Å². The smallest absolute Gasteiger partial charge is 0.323 e. The number of fused-ring (bicyclic) bond motifs is 1. The van der Waals surface area contributed by atoms with Crippen molar-refractivity contribution < 1.29 is 48.3 Å². The van der Waals surface area contributed by atoms with Crippen LogP contribution in [0.2, 0.25) is 0 Å². The summed E-state index contributed by atoms with van der Waals surface area (Å²) in [5.41, 5.74) is 10.6. The van der Waals surface area contributed by atoms with Crippen molar-refractivity contribution in [3.63, 3.8) is 0 Å². The summed E-state index contributed by atoms with van der Waals surface area (Å²) in [6.07, 6.45) is 9.15. The number of anilines is 2. The zero-order valence-electron chi connectivity index (χ0n) is 40.9. The molecule has 0 spiro atoms. The molecule has 19 nitrogen and oxygen atoms in total. The van der Waals surface area contributed by atoms with Crippen molar-refractivity contribution in [1.29, 1.82) is 0 Å². The Hall–Kier alpha value is -7.06. The molecule has 19 heteroatoms. The number of aromatic nitrogens is 1. The Labute approximate surface area is 419 Å². The number of imide groups is 1. The number of piperidine rings is 2. The molecule has 2 fully saturated rings. The predicted molar refractivity (Wildman–Crippen MR) is 271 cm³/mol. The van der Waals surface area contributed by atoms with Gasteiger partial charge in [-0.05, 0) is 124 Å². The Morgan fingerprint density at radius 2 is 1.56 bits per heavy atom. The van der Waals surface area contributed by atoms with Gasteiger partial charge in [-0.3, -0.25) is 39.7 Å². The highest BCUT2D eigenvalue weighted by atomic mass is 16.5. The molecule has 4 heterocycles. The van der Waals surface area contributed by atoms with Gasteiger partial charge in [0.1, 0.15) is 17.3 Å². The first-order chi connectivity index (χ1) is 35.0. The third kappa shape index (κ3) is 14.8. The van der Waals surface area contributed by atoms with Crippen LogP contribution in [0.5, 0.6) is 5.75 Å². The van der Waals surface area contributed by atoms with E-state index in [-0.39, 0.29) is 62.1 Å². The van der Waals surface area contributed by atoms with E-state index in [1.807, 2.05) is 49.4 Å². The average molecular weight is 988 g/mol. The second-order valence-corrected chi connectivity index (χ2v) is 18.0. The molecule has 0 saturated carbocycles. The van der Waals surface area contributed by atoms with E-state index < -0.39 is 17.5 Å². The van der Waals surface area contributed by atoms with Crippen molar-refractivity contribution in [3.8, 4) is 5.75 Å². The van der Waals surface area contributed by atoms with Crippen LogP contribution < -0.4 is 42.5 Å². The molecular weight excluding hydrogens is 921 g/mol. The minimum Gasteiger partial charge on any atom is -0.494 e. The Morgan fingerprint density at radius 3 is 2.29 bits per heavy atom. The van der Waals surface area contributed by atoms with Crippen LogP contribution >= 0.6 is 0 Å². The van der Waals surface area contributed by atoms with E-state index in [1.54, 1.807) is 48.8 Å². The minimum atomic E-state index is -0.725. The van der Waals surface area contributed by atoms with Crippen molar-refractivity contribution >= 4 is 52.6 Å². The molecule has 0 bridgehead atoms. The summed E-state index contributed by atoms with van der Waals surface area (Å²) < 4.78 is 22.9. The molecule has 1 aromatic heterocycles. The van der Waals surface area contributed by atoms with Crippen molar-refractivity contribution in [2.45, 2.75) is 88.9 Å². The van der Waals surface area contributed by atoms with E-state index in [2.05, 4.69) is 36.6 Å². The van der Waals surface area contributed by atoms with Crippen LogP contribution in [0.1, 0.15) is 108 Å². The number of nitrogens with two attached hydrogens (primary N) is 2. The lowest BCUT2D eigenvalue weighted by Crippen LogP contribution is -2.57. The Balaban J connectivity index is 0.698. The van der Waals surface area contributed by atoms with E-state index in [0.29, 0.717) is 86.5 Å². The normalized spacial score (nSPS) is 16.9. The second-order valence-electron chi connectivity index (χ2n) is 18.0. The molecule has 0 radical (unpaired) electrons. The lowest BCUT2D eigenvalue weighted by molar-refractivity contribution is -0.137. The first-order valence-corrected chi connectivity index (χ1v) is 24.8.